The molecule has 0 radical (unpaired) electrons. The third-order valence-corrected chi connectivity index (χ3v) is 2.81. The summed E-state index contributed by atoms with van der Waals surface area (Å²) in [5.41, 5.74) is 2.86. The van der Waals surface area contributed by atoms with Gasteiger partial charge in [0.2, 0.25) is 6.79 Å². The van der Waals surface area contributed by atoms with Crippen molar-refractivity contribution in [1.82, 2.24) is 9.97 Å². The Labute approximate surface area is 104 Å². The lowest BCUT2D eigenvalue weighted by atomic mass is 10.0. The zero-order valence-electron chi connectivity index (χ0n) is 10.1. The molecule has 0 fully saturated rings. The quantitative estimate of drug-likeness (QED) is 0.810. The molecule has 1 aliphatic heterocycles. The second-order valence-electron chi connectivity index (χ2n) is 3.95. The van der Waals surface area contributed by atoms with Crippen LogP contribution in [0.15, 0.2) is 24.4 Å². The number of methoxy groups -OCH3 is 1. The van der Waals surface area contributed by atoms with Crippen LogP contribution in [-0.4, -0.2) is 23.9 Å². The molecule has 1 aliphatic rings. The summed E-state index contributed by atoms with van der Waals surface area (Å²) in [6.07, 6.45) is 1.67. The average Bonchev–Trinajstić information content (AvgIpc) is 2.85. The monoisotopic (exact) mass is 244 g/mol. The highest BCUT2D eigenvalue weighted by Gasteiger charge is 2.17. The molecule has 1 aromatic heterocycles. The van der Waals surface area contributed by atoms with Crippen molar-refractivity contribution in [3.63, 3.8) is 0 Å². The number of hydrogen-bond acceptors (Lipinski definition) is 5. The molecule has 0 spiro atoms. The maximum absolute atomic E-state index is 5.38. The third-order valence-electron chi connectivity index (χ3n) is 2.81. The summed E-state index contributed by atoms with van der Waals surface area (Å²) >= 11 is 0. The highest BCUT2D eigenvalue weighted by molar-refractivity contribution is 5.68. The minimum atomic E-state index is 0.269. The number of aromatic nitrogens is 2. The van der Waals surface area contributed by atoms with Gasteiger partial charge in [-0.1, -0.05) is 0 Å². The summed E-state index contributed by atoms with van der Waals surface area (Å²) in [5.74, 6) is 1.52. The third kappa shape index (κ3) is 1.73. The fraction of sp³-hybridized carbons (Fsp3) is 0.231. The van der Waals surface area contributed by atoms with Crippen LogP contribution in [0.5, 0.6) is 17.5 Å². The van der Waals surface area contributed by atoms with E-state index in [4.69, 9.17) is 14.2 Å². The predicted octanol–water partition coefficient (Wildman–Crippen LogP) is 2.19. The van der Waals surface area contributed by atoms with Crippen LogP contribution in [0.25, 0.3) is 11.3 Å². The minimum Gasteiger partial charge on any atom is -0.467 e. The fourth-order valence-corrected chi connectivity index (χ4v) is 1.91. The zero-order chi connectivity index (χ0) is 12.5. The maximum Gasteiger partial charge on any atom is 0.316 e. The number of benzene rings is 1. The van der Waals surface area contributed by atoms with Crippen LogP contribution < -0.4 is 14.2 Å². The van der Waals surface area contributed by atoms with Gasteiger partial charge in [0.15, 0.2) is 11.5 Å². The summed E-state index contributed by atoms with van der Waals surface area (Å²) < 4.78 is 15.7. The Bertz CT molecular complexity index is 599. The first kappa shape index (κ1) is 10.8. The molecule has 0 amide bonds. The van der Waals surface area contributed by atoms with Gasteiger partial charge in [0.25, 0.3) is 0 Å². The molecule has 0 atom stereocenters. The van der Waals surface area contributed by atoms with Crippen molar-refractivity contribution < 1.29 is 14.2 Å². The maximum atomic E-state index is 5.38. The first-order chi connectivity index (χ1) is 8.78. The molecule has 0 aliphatic carbocycles. The van der Waals surface area contributed by atoms with E-state index < -0.39 is 0 Å². The average molecular weight is 244 g/mol. The molecule has 0 bridgehead atoms. The molecule has 92 valence electrons. The lowest BCUT2D eigenvalue weighted by Crippen LogP contribution is -1.94. The van der Waals surface area contributed by atoms with Gasteiger partial charge in [-0.15, -0.1) is 0 Å². The molecule has 2 heterocycles. The van der Waals surface area contributed by atoms with Crippen LogP contribution in [0.4, 0.5) is 0 Å². The molecule has 0 saturated carbocycles. The van der Waals surface area contributed by atoms with Gasteiger partial charge < -0.3 is 14.2 Å². The first-order valence-corrected chi connectivity index (χ1v) is 5.55. The number of nitrogens with zero attached hydrogens (tertiary/aromatic N) is 2. The van der Waals surface area contributed by atoms with Crippen molar-refractivity contribution in [2.75, 3.05) is 13.9 Å². The Morgan fingerprint density at radius 3 is 2.78 bits per heavy atom. The van der Waals surface area contributed by atoms with E-state index in [9.17, 15) is 0 Å². The van der Waals surface area contributed by atoms with Crippen LogP contribution in [0.2, 0.25) is 0 Å². The summed E-state index contributed by atoms with van der Waals surface area (Å²) in [7, 11) is 1.55. The van der Waals surface area contributed by atoms with E-state index in [0.29, 0.717) is 6.01 Å². The molecule has 5 heteroatoms. The van der Waals surface area contributed by atoms with Gasteiger partial charge in [-0.3, -0.25) is 0 Å². The van der Waals surface area contributed by atoms with Gasteiger partial charge in [0.05, 0.1) is 12.8 Å². The van der Waals surface area contributed by atoms with E-state index in [1.165, 1.54) is 0 Å². The normalized spacial score (nSPS) is 12.6. The Kier molecular flexibility index (Phi) is 2.51. The Balaban J connectivity index is 2.10. The molecule has 0 saturated heterocycles. The van der Waals surface area contributed by atoms with Crippen molar-refractivity contribution in [1.29, 1.82) is 0 Å². The fourth-order valence-electron chi connectivity index (χ4n) is 1.91. The van der Waals surface area contributed by atoms with Crippen LogP contribution in [0.3, 0.4) is 0 Å². The van der Waals surface area contributed by atoms with Gasteiger partial charge in [0.1, 0.15) is 0 Å². The van der Waals surface area contributed by atoms with E-state index in [1.54, 1.807) is 13.3 Å². The molecule has 3 rings (SSSR count). The van der Waals surface area contributed by atoms with Crippen molar-refractivity contribution in [2.24, 2.45) is 0 Å². The van der Waals surface area contributed by atoms with Crippen LogP contribution in [0.1, 0.15) is 5.56 Å². The summed E-state index contributed by atoms with van der Waals surface area (Å²) in [4.78, 5) is 8.31. The summed E-state index contributed by atoms with van der Waals surface area (Å²) in [6.45, 7) is 2.27. The smallest absolute Gasteiger partial charge is 0.316 e. The van der Waals surface area contributed by atoms with Gasteiger partial charge in [-0.05, 0) is 30.7 Å². The van der Waals surface area contributed by atoms with Gasteiger partial charge in [-0.25, -0.2) is 4.98 Å². The number of ether oxygens (including phenoxy) is 3. The lowest BCUT2D eigenvalue weighted by Gasteiger charge is -2.07. The molecule has 2 aromatic rings. The van der Waals surface area contributed by atoms with Gasteiger partial charge in [-0.2, -0.15) is 4.98 Å². The second kappa shape index (κ2) is 4.18. The Morgan fingerprint density at radius 2 is 2.00 bits per heavy atom. The SMILES string of the molecule is COc1nccc(-c2cc3c(cc2C)OCO3)n1. The standard InChI is InChI=1S/C13H12N2O3/c1-8-5-11-12(18-7-17-11)6-9(8)10-3-4-14-13(15-10)16-2/h3-6H,7H2,1-2H3. The summed E-state index contributed by atoms with van der Waals surface area (Å²) in [5, 5.41) is 0. The largest absolute Gasteiger partial charge is 0.467 e. The highest BCUT2D eigenvalue weighted by atomic mass is 16.7. The summed E-state index contributed by atoms with van der Waals surface area (Å²) in [6, 6.07) is 6.07. The van der Waals surface area contributed by atoms with Crippen LogP contribution >= 0.6 is 0 Å². The van der Waals surface area contributed by atoms with Gasteiger partial charge in [0, 0.05) is 11.8 Å². The molecule has 5 nitrogen and oxygen atoms in total. The topological polar surface area (TPSA) is 53.5 Å². The van der Waals surface area contributed by atoms with Crippen molar-refractivity contribution in [3.05, 3.63) is 30.0 Å². The highest BCUT2D eigenvalue weighted by Crippen LogP contribution is 2.37. The molecule has 1 aromatic carbocycles. The molecular weight excluding hydrogens is 232 g/mol. The number of hydrogen-bond donors (Lipinski definition) is 0. The molecular formula is C13H12N2O3. The van der Waals surface area contributed by atoms with Crippen molar-refractivity contribution in [2.45, 2.75) is 6.92 Å². The molecule has 0 unspecified atom stereocenters. The minimum absolute atomic E-state index is 0.269. The number of fused-ring (bicyclic) bond motifs is 1. The van der Waals surface area contributed by atoms with Crippen LogP contribution in [-0.2, 0) is 0 Å². The van der Waals surface area contributed by atoms with E-state index >= 15 is 0 Å². The van der Waals surface area contributed by atoms with Crippen molar-refractivity contribution in [3.8, 4) is 28.8 Å². The zero-order valence-corrected chi connectivity index (χ0v) is 10.1. The first-order valence-electron chi connectivity index (χ1n) is 5.55. The predicted molar refractivity (Wildman–Crippen MR) is 64.9 cm³/mol. The van der Waals surface area contributed by atoms with E-state index in [-0.39, 0.29) is 6.79 Å². The van der Waals surface area contributed by atoms with Crippen LogP contribution in [0, 0.1) is 6.92 Å². The number of rotatable bonds is 2. The Morgan fingerprint density at radius 1 is 1.22 bits per heavy atom. The lowest BCUT2D eigenvalue weighted by molar-refractivity contribution is 0.174. The van der Waals surface area contributed by atoms with E-state index in [2.05, 4.69) is 9.97 Å². The van der Waals surface area contributed by atoms with E-state index in [0.717, 1.165) is 28.3 Å². The van der Waals surface area contributed by atoms with Crippen molar-refractivity contribution >= 4 is 0 Å². The van der Waals surface area contributed by atoms with E-state index in [1.807, 2.05) is 25.1 Å². The number of aryl methyl sites for hydroxylation is 1. The second-order valence-corrected chi connectivity index (χ2v) is 3.95. The molecule has 18 heavy (non-hydrogen) atoms. The Hall–Kier alpha value is -2.30. The van der Waals surface area contributed by atoms with Gasteiger partial charge >= 0.3 is 6.01 Å². The molecule has 0 N–H and O–H groups in total.